The molecular weight excluding hydrogens is 1240 g/mol. The van der Waals surface area contributed by atoms with Crippen molar-refractivity contribution in [1.29, 1.82) is 0 Å². The van der Waals surface area contributed by atoms with Crippen LogP contribution in [0.1, 0.15) is 95.8 Å². The van der Waals surface area contributed by atoms with Crippen molar-refractivity contribution < 1.29 is 87.8 Å². The standard InChI is InChI=1S/C13H3F9.C11H3F7.C10H6F4.3C10H12.C8H10/c1-2-5(14)7(16)3(8(17)6(2)15)4-9(18)11(20)13(22)12(21)10(4)19;1-2-5(12)3-4(7(14)6(2)13)9(16)11(18)10(17)8(3)15;1-3-4-6-9(13)7(11)5(2)8(12)10(6)14;1-3-9-5-7-10(4-2)8-6-9;1-3-9-6-5-7-10(4-2)8-9;1-3-9-7-5-6-8-10(9)4-2;1-2-8-6-4-3-5-7-8/h1H3;1H3;1-2H3;3*3,5-8H,1,4H2,2H3;3-7H,2H2,1H3. The van der Waals surface area contributed by atoms with Gasteiger partial charge in [0, 0.05) is 16.7 Å². The topological polar surface area (TPSA) is 0 Å². The van der Waals surface area contributed by atoms with Crippen LogP contribution < -0.4 is 0 Å². The van der Waals surface area contributed by atoms with Gasteiger partial charge in [-0.1, -0.05) is 175 Å². The Balaban J connectivity index is 0.000000288. The molecule has 0 atom stereocenters. The molecule has 0 N–H and O–H groups in total. The lowest BCUT2D eigenvalue weighted by Gasteiger charge is -2.12. The summed E-state index contributed by atoms with van der Waals surface area (Å²) in [7, 11) is 0. The first kappa shape index (κ1) is 76.9. The van der Waals surface area contributed by atoms with Crippen molar-refractivity contribution in [2.45, 2.75) is 81.1 Å². The van der Waals surface area contributed by atoms with Crippen LogP contribution in [0.5, 0.6) is 0 Å². The Morgan fingerprint density at radius 3 is 1.07 bits per heavy atom. The lowest BCUT2D eigenvalue weighted by atomic mass is 9.99. The lowest BCUT2D eigenvalue weighted by Crippen LogP contribution is -2.09. The summed E-state index contributed by atoms with van der Waals surface area (Å²) < 4.78 is 264. The number of benzene rings is 9. The molecule has 0 aromatic heterocycles. The summed E-state index contributed by atoms with van der Waals surface area (Å²) in [6.45, 7) is 23.4. The first-order chi connectivity index (χ1) is 43.4. The molecule has 9 aromatic rings. The largest absolute Gasteiger partial charge is 0.206 e. The van der Waals surface area contributed by atoms with Gasteiger partial charge in [-0.05, 0) is 92.3 Å². The summed E-state index contributed by atoms with van der Waals surface area (Å²) >= 11 is 0. The van der Waals surface area contributed by atoms with E-state index in [0.717, 1.165) is 39.5 Å². The SMILES string of the molecule is C=Cc1ccc(CC)cc1.C=Cc1cccc(CC)c1.C=Cc1ccccc1CC.CC#Cc1c(F)c(F)c(C)c(F)c1F.CCc1ccccc1.Cc1c(F)c(F)c(-c2c(F)c(F)c(F)c(F)c2F)c(F)c1F.Cc1c(F)c(F)c2c(F)c(F)c(F)c(F)c2c1F. The highest BCUT2D eigenvalue weighted by Gasteiger charge is 2.34. The van der Waals surface area contributed by atoms with Gasteiger partial charge in [-0.3, -0.25) is 0 Å². The molecule has 0 unspecified atom stereocenters. The fourth-order valence-electron chi connectivity index (χ4n) is 7.96. The molecule has 0 aliphatic heterocycles. The van der Waals surface area contributed by atoms with E-state index in [9.17, 15) is 87.8 Å². The first-order valence-electron chi connectivity index (χ1n) is 27.5. The molecular formula is C72H58F20. The Bertz CT molecular complexity index is 3870. The Morgan fingerprint density at radius 1 is 0.315 bits per heavy atom. The van der Waals surface area contributed by atoms with Crippen molar-refractivity contribution >= 4 is 29.0 Å². The normalized spacial score (nSPS) is 10.2. The monoisotopic (exact) mass is 1300 g/mol. The minimum Gasteiger partial charge on any atom is -0.206 e. The van der Waals surface area contributed by atoms with Gasteiger partial charge < -0.3 is 0 Å². The van der Waals surface area contributed by atoms with E-state index in [1.807, 2.05) is 36.3 Å². The highest BCUT2D eigenvalue weighted by atomic mass is 19.2. The van der Waals surface area contributed by atoms with E-state index in [0.29, 0.717) is 6.92 Å². The van der Waals surface area contributed by atoms with Crippen LogP contribution in [0.15, 0.2) is 123 Å². The maximum Gasteiger partial charge on any atom is 0.200 e. The minimum atomic E-state index is -2.59. The van der Waals surface area contributed by atoms with Gasteiger partial charge in [0.05, 0.1) is 21.9 Å². The molecule has 0 nitrogen and oxygen atoms in total. The van der Waals surface area contributed by atoms with Crippen LogP contribution in [0, 0.1) is 149 Å². The van der Waals surface area contributed by atoms with Gasteiger partial charge >= 0.3 is 0 Å². The van der Waals surface area contributed by atoms with Gasteiger partial charge in [0.1, 0.15) is 11.4 Å². The second-order valence-corrected chi connectivity index (χ2v) is 19.1. The van der Waals surface area contributed by atoms with Crippen molar-refractivity contribution in [2.75, 3.05) is 0 Å². The predicted octanol–water partition coefficient (Wildman–Crippen LogP) is 22.9. The van der Waals surface area contributed by atoms with Crippen molar-refractivity contribution in [3.63, 3.8) is 0 Å². The molecule has 9 aromatic carbocycles. The zero-order valence-corrected chi connectivity index (χ0v) is 50.6. The average Bonchev–Trinajstić information content (AvgIpc) is 0.758. The molecule has 0 spiro atoms. The fourth-order valence-corrected chi connectivity index (χ4v) is 7.96. The lowest BCUT2D eigenvalue weighted by molar-refractivity contribution is 0.379. The quantitative estimate of drug-likeness (QED) is 0.0616. The summed E-state index contributed by atoms with van der Waals surface area (Å²) in [6.07, 6.45) is 10.1. The van der Waals surface area contributed by atoms with E-state index in [1.54, 1.807) is 0 Å². The fraction of sp³-hybridized carbons (Fsp3) is 0.167. The third-order valence-corrected chi connectivity index (χ3v) is 13.4. The zero-order valence-electron chi connectivity index (χ0n) is 50.6. The van der Waals surface area contributed by atoms with E-state index < -0.39 is 160 Å². The molecule has 0 aliphatic carbocycles. The number of hydrogen-bond donors (Lipinski definition) is 0. The van der Waals surface area contributed by atoms with Gasteiger partial charge in [-0.15, -0.1) is 5.92 Å². The maximum atomic E-state index is 13.7. The second-order valence-electron chi connectivity index (χ2n) is 19.1. The summed E-state index contributed by atoms with van der Waals surface area (Å²) in [5.41, 5.74) is 1.42. The molecule has 0 fully saturated rings. The summed E-state index contributed by atoms with van der Waals surface area (Å²) in [5, 5.41) is -3.05. The Kier molecular flexibility index (Phi) is 30.0. The number of hydrogen-bond acceptors (Lipinski definition) is 0. The van der Waals surface area contributed by atoms with Crippen LogP contribution in [-0.2, 0) is 25.7 Å². The van der Waals surface area contributed by atoms with Gasteiger partial charge in [0.25, 0.3) is 0 Å². The van der Waals surface area contributed by atoms with E-state index in [2.05, 4.69) is 144 Å². The van der Waals surface area contributed by atoms with Crippen molar-refractivity contribution in [1.82, 2.24) is 0 Å². The van der Waals surface area contributed by atoms with Crippen molar-refractivity contribution in [3.05, 3.63) is 300 Å². The molecule has 0 heterocycles. The van der Waals surface area contributed by atoms with Crippen LogP contribution in [0.25, 0.3) is 40.1 Å². The van der Waals surface area contributed by atoms with Crippen LogP contribution >= 0.6 is 0 Å². The Morgan fingerprint density at radius 2 is 0.663 bits per heavy atom. The van der Waals surface area contributed by atoms with E-state index >= 15 is 0 Å². The maximum absolute atomic E-state index is 13.7. The molecule has 0 aliphatic rings. The number of halogens is 20. The molecule has 0 saturated heterocycles. The molecule has 20 heteroatoms. The number of rotatable bonds is 8. The minimum absolute atomic E-state index is 0.624. The summed E-state index contributed by atoms with van der Waals surface area (Å²) in [5.74, 6) is -37.3. The molecule has 0 saturated carbocycles. The Hall–Kier alpha value is -9.38. The zero-order chi connectivity index (χ0) is 69.6. The van der Waals surface area contributed by atoms with Gasteiger partial charge in [0.15, 0.2) is 105 Å². The summed E-state index contributed by atoms with van der Waals surface area (Å²) in [4.78, 5) is 0. The molecule has 0 radical (unpaired) electrons. The van der Waals surface area contributed by atoms with Crippen LogP contribution in [0.4, 0.5) is 87.8 Å². The van der Waals surface area contributed by atoms with Gasteiger partial charge in [-0.25, -0.2) is 87.8 Å². The smallest absolute Gasteiger partial charge is 0.200 e. The van der Waals surface area contributed by atoms with Gasteiger partial charge in [0.2, 0.25) is 5.82 Å². The number of aryl methyl sites for hydroxylation is 4. The third-order valence-electron chi connectivity index (χ3n) is 13.4. The third kappa shape index (κ3) is 18.4. The van der Waals surface area contributed by atoms with E-state index in [-0.39, 0.29) is 0 Å². The predicted molar refractivity (Wildman–Crippen MR) is 322 cm³/mol. The highest BCUT2D eigenvalue weighted by molar-refractivity contribution is 5.86. The van der Waals surface area contributed by atoms with Crippen LogP contribution in [0.2, 0.25) is 0 Å². The Labute approximate surface area is 519 Å². The van der Waals surface area contributed by atoms with E-state index in [1.165, 1.54) is 45.9 Å². The van der Waals surface area contributed by atoms with Crippen LogP contribution in [-0.4, -0.2) is 0 Å². The van der Waals surface area contributed by atoms with Gasteiger partial charge in [-0.2, -0.15) is 0 Å². The van der Waals surface area contributed by atoms with Crippen LogP contribution in [0.3, 0.4) is 0 Å². The molecule has 0 amide bonds. The molecule has 92 heavy (non-hydrogen) atoms. The molecule has 486 valence electrons. The molecule has 9 rings (SSSR count). The second kappa shape index (κ2) is 35.9. The summed E-state index contributed by atoms with van der Waals surface area (Å²) in [6, 6.07) is 35.6. The molecule has 0 bridgehead atoms. The first-order valence-corrected chi connectivity index (χ1v) is 27.5. The van der Waals surface area contributed by atoms with E-state index in [4.69, 9.17) is 0 Å². The van der Waals surface area contributed by atoms with Crippen molar-refractivity contribution in [3.8, 4) is 23.0 Å². The highest BCUT2D eigenvalue weighted by Crippen LogP contribution is 2.38. The van der Waals surface area contributed by atoms with Crippen molar-refractivity contribution in [2.24, 2.45) is 0 Å². The average molecular weight is 1300 g/mol. The number of fused-ring (bicyclic) bond motifs is 1.